The van der Waals surface area contributed by atoms with Gasteiger partial charge in [-0.15, -0.1) is 0 Å². The van der Waals surface area contributed by atoms with E-state index in [0.29, 0.717) is 12.3 Å². The summed E-state index contributed by atoms with van der Waals surface area (Å²) in [6.45, 7) is -0.217. The van der Waals surface area contributed by atoms with Crippen LogP contribution in [0.3, 0.4) is 0 Å². The van der Waals surface area contributed by atoms with Gasteiger partial charge in [-0.25, -0.2) is 9.37 Å². The Labute approximate surface area is 176 Å². The molecule has 164 valence electrons. The van der Waals surface area contributed by atoms with Gasteiger partial charge in [-0.1, -0.05) is 30.3 Å². The Morgan fingerprint density at radius 1 is 1.26 bits per heavy atom. The quantitative estimate of drug-likeness (QED) is 0.615. The van der Waals surface area contributed by atoms with Crippen LogP contribution in [0.2, 0.25) is 0 Å². The Morgan fingerprint density at radius 3 is 2.90 bits per heavy atom. The van der Waals surface area contributed by atoms with E-state index in [1.807, 2.05) is 30.3 Å². The number of imidazole rings is 1. The number of rotatable bonds is 5. The lowest BCUT2D eigenvalue weighted by molar-refractivity contribution is -0.311. The fourth-order valence-electron chi connectivity index (χ4n) is 4.11. The average Bonchev–Trinajstić information content (AvgIpc) is 3.21. The third-order valence-electron chi connectivity index (χ3n) is 5.51. The molecule has 10 nitrogen and oxygen atoms in total. The van der Waals surface area contributed by atoms with Gasteiger partial charge >= 0.3 is 0 Å². The summed E-state index contributed by atoms with van der Waals surface area (Å²) in [5.41, 5.74) is 6.59. The minimum Gasteiger partial charge on any atom is -0.371 e. The highest BCUT2D eigenvalue weighted by Gasteiger charge is 2.47. The lowest BCUT2D eigenvalue weighted by Gasteiger charge is -2.46. The summed E-state index contributed by atoms with van der Waals surface area (Å²) in [6.07, 6.45) is -0.597. The summed E-state index contributed by atoms with van der Waals surface area (Å²) >= 11 is 0. The number of hydrogen-bond donors (Lipinski definition) is 2. The van der Waals surface area contributed by atoms with Crippen molar-refractivity contribution in [2.75, 3.05) is 32.2 Å². The van der Waals surface area contributed by atoms with Crippen LogP contribution in [0.15, 0.2) is 41.5 Å². The van der Waals surface area contributed by atoms with Crippen LogP contribution in [0.25, 0.3) is 11.2 Å². The first-order valence-corrected chi connectivity index (χ1v) is 9.99. The number of fused-ring (bicyclic) bond motifs is 2. The minimum absolute atomic E-state index is 0.0264. The number of nitrogen functional groups attached to an aromatic ring is 1. The summed E-state index contributed by atoms with van der Waals surface area (Å²) in [4.78, 5) is 23.0. The minimum atomic E-state index is -0.643. The summed E-state index contributed by atoms with van der Waals surface area (Å²) in [7, 11) is 0. The van der Waals surface area contributed by atoms with Gasteiger partial charge in [0.25, 0.3) is 5.56 Å². The second-order valence-electron chi connectivity index (χ2n) is 7.42. The van der Waals surface area contributed by atoms with Crippen molar-refractivity contribution in [1.82, 2.24) is 19.5 Å². The predicted octanol–water partition coefficient (Wildman–Crippen LogP) is 1.11. The number of aromatic nitrogens is 4. The van der Waals surface area contributed by atoms with Crippen molar-refractivity contribution in [1.29, 1.82) is 0 Å². The smallest absolute Gasteiger partial charge is 0.280 e. The first-order chi connectivity index (χ1) is 15.2. The summed E-state index contributed by atoms with van der Waals surface area (Å²) in [5.74, 6) is -0.0264. The molecule has 2 aromatic heterocycles. The van der Waals surface area contributed by atoms with Crippen molar-refractivity contribution in [3.63, 3.8) is 0 Å². The van der Waals surface area contributed by atoms with Gasteiger partial charge in [0.1, 0.15) is 25.0 Å². The molecule has 1 aromatic carbocycles. The normalized spacial score (nSPS) is 28.5. The highest BCUT2D eigenvalue weighted by atomic mass is 19.1. The number of anilines is 1. The van der Waals surface area contributed by atoms with Crippen LogP contribution in [0.4, 0.5) is 10.3 Å². The van der Waals surface area contributed by atoms with E-state index in [4.69, 9.17) is 24.7 Å². The average molecular weight is 431 g/mol. The molecule has 2 aliphatic rings. The van der Waals surface area contributed by atoms with E-state index in [2.05, 4.69) is 15.0 Å². The van der Waals surface area contributed by atoms with Crippen molar-refractivity contribution in [3.05, 3.63) is 52.6 Å². The molecule has 4 heterocycles. The topological polar surface area (TPSA) is 127 Å². The maximum absolute atomic E-state index is 13.0. The lowest BCUT2D eigenvalue weighted by Crippen LogP contribution is -2.57. The van der Waals surface area contributed by atoms with Gasteiger partial charge in [-0.05, 0) is 0 Å². The van der Waals surface area contributed by atoms with Crippen LogP contribution < -0.4 is 11.3 Å². The second kappa shape index (κ2) is 8.35. The standard InChI is InChI=1S/C20H22FN5O5/c21-6-7-28-15-12(26-10-23-14-17(26)24-20(22)25-18(14)27)8-29-13-9-30-19(31-16(13)15)11-4-2-1-3-5-11/h1-5,10,12-13,15-16,19H,6-9H2,(H3,22,24,25,27)/t12-,13-,15+,16-,19?/m1/s1. The fraction of sp³-hybridized carbons (Fsp3) is 0.450. The number of alkyl halides is 1. The lowest BCUT2D eigenvalue weighted by atomic mass is 9.96. The van der Waals surface area contributed by atoms with E-state index < -0.39 is 36.8 Å². The van der Waals surface area contributed by atoms with E-state index in [0.717, 1.165) is 5.56 Å². The molecular weight excluding hydrogens is 409 g/mol. The molecule has 0 bridgehead atoms. The largest absolute Gasteiger partial charge is 0.371 e. The van der Waals surface area contributed by atoms with Gasteiger partial charge in [-0.3, -0.25) is 9.78 Å². The number of nitrogens with two attached hydrogens (primary N) is 1. The van der Waals surface area contributed by atoms with Crippen LogP contribution in [-0.4, -0.2) is 64.3 Å². The van der Waals surface area contributed by atoms with Gasteiger partial charge in [0.15, 0.2) is 17.5 Å². The van der Waals surface area contributed by atoms with Crippen LogP contribution in [-0.2, 0) is 18.9 Å². The third-order valence-corrected chi connectivity index (χ3v) is 5.51. The molecule has 1 unspecified atom stereocenters. The van der Waals surface area contributed by atoms with Gasteiger partial charge in [-0.2, -0.15) is 4.98 Å². The fourth-order valence-corrected chi connectivity index (χ4v) is 4.11. The zero-order valence-corrected chi connectivity index (χ0v) is 16.5. The first kappa shape index (κ1) is 20.1. The van der Waals surface area contributed by atoms with E-state index in [9.17, 15) is 9.18 Å². The van der Waals surface area contributed by atoms with Crippen molar-refractivity contribution in [2.24, 2.45) is 0 Å². The van der Waals surface area contributed by atoms with Gasteiger partial charge < -0.3 is 29.2 Å². The van der Waals surface area contributed by atoms with Gasteiger partial charge in [0.2, 0.25) is 5.95 Å². The molecular formula is C20H22FN5O5. The molecule has 3 aromatic rings. The molecule has 0 spiro atoms. The van der Waals surface area contributed by atoms with Crippen LogP contribution >= 0.6 is 0 Å². The van der Waals surface area contributed by atoms with Crippen molar-refractivity contribution in [2.45, 2.75) is 30.6 Å². The Kier molecular flexibility index (Phi) is 5.40. The molecule has 5 rings (SSSR count). The molecule has 0 aliphatic carbocycles. The van der Waals surface area contributed by atoms with Crippen LogP contribution in [0.5, 0.6) is 0 Å². The SMILES string of the molecule is Nc1nc2c(ncn2[C@@H]2CO[C@@H]3COC(c4ccccc4)O[C@H]3[C@H]2OCCF)c(=O)[nH]1. The van der Waals surface area contributed by atoms with Crippen molar-refractivity contribution < 1.29 is 23.3 Å². The van der Waals surface area contributed by atoms with E-state index in [-0.39, 0.29) is 30.8 Å². The number of nitrogens with one attached hydrogen (secondary N) is 1. The third kappa shape index (κ3) is 3.69. The molecule has 2 aliphatic heterocycles. The molecule has 0 saturated carbocycles. The summed E-state index contributed by atoms with van der Waals surface area (Å²) in [5, 5.41) is 0. The molecule has 2 saturated heterocycles. The Hall–Kier alpha value is -2.86. The number of nitrogens with zero attached hydrogens (tertiary/aromatic N) is 3. The van der Waals surface area contributed by atoms with E-state index >= 15 is 0 Å². The monoisotopic (exact) mass is 431 g/mol. The number of aromatic amines is 1. The van der Waals surface area contributed by atoms with Gasteiger partial charge in [0.05, 0.1) is 32.2 Å². The number of hydrogen-bond acceptors (Lipinski definition) is 8. The van der Waals surface area contributed by atoms with Crippen LogP contribution in [0.1, 0.15) is 17.9 Å². The van der Waals surface area contributed by atoms with Crippen LogP contribution in [0, 0.1) is 0 Å². The van der Waals surface area contributed by atoms with E-state index in [1.54, 1.807) is 4.57 Å². The van der Waals surface area contributed by atoms with Gasteiger partial charge in [0, 0.05) is 5.56 Å². The zero-order valence-electron chi connectivity index (χ0n) is 16.5. The molecule has 11 heteroatoms. The summed E-state index contributed by atoms with van der Waals surface area (Å²) in [6, 6.07) is 9.07. The molecule has 0 radical (unpaired) electrons. The number of H-pyrrole nitrogens is 1. The summed E-state index contributed by atoms with van der Waals surface area (Å²) < 4.78 is 38.7. The highest BCUT2D eigenvalue weighted by molar-refractivity contribution is 5.70. The molecule has 0 amide bonds. The molecule has 2 fully saturated rings. The van der Waals surface area contributed by atoms with Crippen molar-refractivity contribution >= 4 is 17.1 Å². The van der Waals surface area contributed by atoms with E-state index in [1.165, 1.54) is 6.33 Å². The maximum Gasteiger partial charge on any atom is 0.280 e. The Balaban J connectivity index is 1.49. The highest BCUT2D eigenvalue weighted by Crippen LogP contribution is 2.37. The first-order valence-electron chi connectivity index (χ1n) is 9.99. The Bertz CT molecular complexity index is 1110. The predicted molar refractivity (Wildman–Crippen MR) is 107 cm³/mol. The number of halogens is 1. The molecule has 31 heavy (non-hydrogen) atoms. The zero-order chi connectivity index (χ0) is 21.4. The molecule has 3 N–H and O–H groups in total. The molecule has 5 atom stereocenters. The number of ether oxygens (including phenoxy) is 4. The Morgan fingerprint density at radius 2 is 2.10 bits per heavy atom. The van der Waals surface area contributed by atoms with Crippen molar-refractivity contribution in [3.8, 4) is 0 Å². The maximum atomic E-state index is 13.0. The second-order valence-corrected chi connectivity index (χ2v) is 7.42. The number of benzene rings is 1.